The van der Waals surface area contributed by atoms with Crippen LogP contribution in [0, 0.1) is 6.92 Å². The van der Waals surface area contributed by atoms with E-state index in [2.05, 4.69) is 38.3 Å². The Balaban J connectivity index is 3.20. The van der Waals surface area contributed by atoms with E-state index in [-0.39, 0.29) is 0 Å². The van der Waals surface area contributed by atoms with Gasteiger partial charge in [0.15, 0.2) is 0 Å². The van der Waals surface area contributed by atoms with Crippen LogP contribution in [0.25, 0.3) is 11.6 Å². The number of allylic oxidation sites excluding steroid dienone is 1. The van der Waals surface area contributed by atoms with Gasteiger partial charge in [-0.3, -0.25) is 0 Å². The largest absolute Gasteiger partial charge is 0.0985 e. The van der Waals surface area contributed by atoms with Crippen molar-refractivity contribution < 1.29 is 0 Å². The fraction of sp³-hybridized carbons (Fsp3) is 0.167. The van der Waals surface area contributed by atoms with Crippen LogP contribution in [0.5, 0.6) is 0 Å². The summed E-state index contributed by atoms with van der Waals surface area (Å²) in [5.41, 5.74) is 4.78. The molecule has 0 aliphatic carbocycles. The maximum Gasteiger partial charge on any atom is -0.0204 e. The Kier molecular flexibility index (Phi) is 2.49. The molecule has 0 atom stereocenters. The van der Waals surface area contributed by atoms with Crippen molar-refractivity contribution in [2.75, 3.05) is 0 Å². The third kappa shape index (κ3) is 1.65. The summed E-state index contributed by atoms with van der Waals surface area (Å²) in [6.07, 6.45) is 1.86. The molecule has 0 bridgehead atoms. The number of benzene rings is 1. The first-order valence-corrected chi connectivity index (χ1v) is 4.04. The third-order valence-electron chi connectivity index (χ3n) is 1.95. The van der Waals surface area contributed by atoms with Gasteiger partial charge in [-0.15, -0.1) is 0 Å². The fourth-order valence-corrected chi connectivity index (χ4v) is 1.29. The molecule has 0 heterocycles. The molecule has 0 saturated heterocycles. The maximum absolute atomic E-state index is 3.92. The van der Waals surface area contributed by atoms with E-state index in [1.165, 1.54) is 11.1 Å². The molecule has 0 heteroatoms. The predicted molar refractivity (Wildman–Crippen MR) is 56.0 cm³/mol. The molecule has 0 nitrogen and oxygen atoms in total. The van der Waals surface area contributed by atoms with E-state index < -0.39 is 0 Å². The molecular weight excluding hydrogens is 144 g/mol. The maximum atomic E-state index is 3.92. The van der Waals surface area contributed by atoms with E-state index in [0.29, 0.717) is 0 Å². The first-order valence-electron chi connectivity index (χ1n) is 4.04. The molecule has 1 aromatic carbocycles. The van der Waals surface area contributed by atoms with Gasteiger partial charge in [0.2, 0.25) is 0 Å². The van der Waals surface area contributed by atoms with Crippen molar-refractivity contribution in [3.05, 3.63) is 48.0 Å². The molecule has 0 radical (unpaired) electrons. The molecule has 0 aromatic heterocycles. The lowest BCUT2D eigenvalue weighted by molar-refractivity contribution is 1.40. The molecule has 12 heavy (non-hydrogen) atoms. The van der Waals surface area contributed by atoms with Crippen molar-refractivity contribution in [1.82, 2.24) is 0 Å². The first kappa shape index (κ1) is 8.79. The van der Waals surface area contributed by atoms with Crippen LogP contribution in [0.2, 0.25) is 0 Å². The summed E-state index contributed by atoms with van der Waals surface area (Å²) >= 11 is 0. The van der Waals surface area contributed by atoms with Gasteiger partial charge in [0.25, 0.3) is 0 Å². The standard InChI is InChI=1S/C12H14/c1-5-11-6-7-12(9(2)3)10(4)8-11/h5-8H,1-2H2,3-4H3. The zero-order chi connectivity index (χ0) is 9.14. The summed E-state index contributed by atoms with van der Waals surface area (Å²) in [5, 5.41) is 0. The molecule has 62 valence electrons. The van der Waals surface area contributed by atoms with E-state index >= 15 is 0 Å². The average molecular weight is 158 g/mol. The first-order chi connectivity index (χ1) is 5.65. The highest BCUT2D eigenvalue weighted by Gasteiger charge is 1.97. The summed E-state index contributed by atoms with van der Waals surface area (Å²) in [5.74, 6) is 0. The van der Waals surface area contributed by atoms with Crippen LogP contribution in [0.3, 0.4) is 0 Å². The number of rotatable bonds is 2. The molecule has 0 fully saturated rings. The van der Waals surface area contributed by atoms with Gasteiger partial charge >= 0.3 is 0 Å². The van der Waals surface area contributed by atoms with E-state index in [9.17, 15) is 0 Å². The average Bonchev–Trinajstić information content (AvgIpc) is 2.03. The number of aryl methyl sites for hydroxylation is 1. The minimum Gasteiger partial charge on any atom is -0.0985 e. The summed E-state index contributed by atoms with van der Waals surface area (Å²) in [7, 11) is 0. The van der Waals surface area contributed by atoms with Crippen molar-refractivity contribution in [3.8, 4) is 0 Å². The fourth-order valence-electron chi connectivity index (χ4n) is 1.29. The quantitative estimate of drug-likeness (QED) is 0.616. The highest BCUT2D eigenvalue weighted by molar-refractivity contribution is 5.66. The van der Waals surface area contributed by atoms with Gasteiger partial charge in [-0.1, -0.05) is 43.0 Å². The smallest absolute Gasteiger partial charge is 0.0204 e. The molecule has 0 saturated carbocycles. The minimum absolute atomic E-state index is 1.11. The highest BCUT2D eigenvalue weighted by atomic mass is 14.0. The van der Waals surface area contributed by atoms with Gasteiger partial charge in [-0.25, -0.2) is 0 Å². The van der Waals surface area contributed by atoms with Crippen molar-refractivity contribution in [2.24, 2.45) is 0 Å². The van der Waals surface area contributed by atoms with Crippen molar-refractivity contribution in [3.63, 3.8) is 0 Å². The molecule has 0 unspecified atom stereocenters. The second-order valence-electron chi connectivity index (χ2n) is 3.06. The topological polar surface area (TPSA) is 0 Å². The summed E-state index contributed by atoms with van der Waals surface area (Å²) in [6.45, 7) is 11.8. The molecule has 1 rings (SSSR count). The summed E-state index contributed by atoms with van der Waals surface area (Å²) in [4.78, 5) is 0. The Hall–Kier alpha value is -1.30. The predicted octanol–water partition coefficient (Wildman–Crippen LogP) is 3.67. The zero-order valence-corrected chi connectivity index (χ0v) is 7.72. The molecule has 0 N–H and O–H groups in total. The molecular formula is C12H14. The third-order valence-corrected chi connectivity index (χ3v) is 1.95. The van der Waals surface area contributed by atoms with E-state index in [0.717, 1.165) is 11.1 Å². The van der Waals surface area contributed by atoms with Crippen LogP contribution in [0.4, 0.5) is 0 Å². The van der Waals surface area contributed by atoms with E-state index in [1.54, 1.807) is 0 Å². The van der Waals surface area contributed by atoms with Gasteiger partial charge in [-0.2, -0.15) is 0 Å². The summed E-state index contributed by atoms with van der Waals surface area (Å²) in [6, 6.07) is 6.27. The van der Waals surface area contributed by atoms with Crippen molar-refractivity contribution in [2.45, 2.75) is 13.8 Å². The Morgan fingerprint density at radius 3 is 2.50 bits per heavy atom. The second-order valence-corrected chi connectivity index (χ2v) is 3.06. The van der Waals surface area contributed by atoms with Crippen LogP contribution in [0.15, 0.2) is 31.4 Å². The van der Waals surface area contributed by atoms with Gasteiger partial charge in [0.05, 0.1) is 0 Å². The van der Waals surface area contributed by atoms with Crippen molar-refractivity contribution in [1.29, 1.82) is 0 Å². The highest BCUT2D eigenvalue weighted by Crippen LogP contribution is 2.18. The van der Waals surface area contributed by atoms with Gasteiger partial charge in [0, 0.05) is 0 Å². The van der Waals surface area contributed by atoms with Gasteiger partial charge < -0.3 is 0 Å². The molecule has 0 amide bonds. The lowest BCUT2D eigenvalue weighted by Gasteiger charge is -2.05. The number of hydrogen-bond acceptors (Lipinski definition) is 0. The molecule has 1 aromatic rings. The second kappa shape index (κ2) is 3.40. The Bertz CT molecular complexity index is 319. The SMILES string of the molecule is C=Cc1ccc(C(=C)C)c(C)c1. The Labute approximate surface area is 74.2 Å². The van der Waals surface area contributed by atoms with E-state index in [1.807, 2.05) is 13.0 Å². The Morgan fingerprint density at radius 2 is 2.08 bits per heavy atom. The summed E-state index contributed by atoms with van der Waals surface area (Å²) < 4.78 is 0. The Morgan fingerprint density at radius 1 is 1.42 bits per heavy atom. The van der Waals surface area contributed by atoms with Crippen LogP contribution < -0.4 is 0 Å². The van der Waals surface area contributed by atoms with Crippen LogP contribution in [-0.2, 0) is 0 Å². The van der Waals surface area contributed by atoms with Gasteiger partial charge in [0.1, 0.15) is 0 Å². The number of hydrogen-bond donors (Lipinski definition) is 0. The molecule has 0 spiro atoms. The molecule has 0 aliphatic heterocycles. The van der Waals surface area contributed by atoms with E-state index in [4.69, 9.17) is 0 Å². The zero-order valence-electron chi connectivity index (χ0n) is 7.72. The van der Waals surface area contributed by atoms with Crippen molar-refractivity contribution >= 4 is 11.6 Å². The van der Waals surface area contributed by atoms with Crippen LogP contribution >= 0.6 is 0 Å². The lowest BCUT2D eigenvalue weighted by Crippen LogP contribution is -1.85. The van der Waals surface area contributed by atoms with Gasteiger partial charge in [-0.05, 0) is 30.5 Å². The monoisotopic (exact) mass is 158 g/mol. The minimum atomic E-state index is 1.11. The molecule has 0 aliphatic rings. The normalized spacial score (nSPS) is 9.50. The van der Waals surface area contributed by atoms with Crippen LogP contribution in [-0.4, -0.2) is 0 Å². The van der Waals surface area contributed by atoms with Crippen LogP contribution in [0.1, 0.15) is 23.6 Å². The lowest BCUT2D eigenvalue weighted by atomic mass is 10.0.